The van der Waals surface area contributed by atoms with Crippen LogP contribution in [-0.4, -0.2) is 29.7 Å². The summed E-state index contributed by atoms with van der Waals surface area (Å²) in [5.41, 5.74) is 4.20. The standard InChI is InChI=1S/C21H28N2O2/c1-15-9-10-20(16(2)11-15)23-21(25)12-17(3)22-14-19(24)13-18-7-5-4-6-8-18/h4-11,17,19,22,24H,12-14H2,1-3H3,(H,23,25). The summed E-state index contributed by atoms with van der Waals surface area (Å²) in [6.45, 7) is 6.44. The molecule has 0 spiro atoms. The lowest BCUT2D eigenvalue weighted by molar-refractivity contribution is -0.116. The zero-order chi connectivity index (χ0) is 18.2. The van der Waals surface area contributed by atoms with Crippen molar-refractivity contribution >= 4 is 11.6 Å². The number of aliphatic hydroxyl groups excluding tert-OH is 1. The van der Waals surface area contributed by atoms with E-state index in [0.717, 1.165) is 16.8 Å². The molecule has 0 aromatic heterocycles. The molecular formula is C21H28N2O2. The molecule has 2 aromatic rings. The fraction of sp³-hybridized carbons (Fsp3) is 0.381. The van der Waals surface area contributed by atoms with Gasteiger partial charge in [0, 0.05) is 24.7 Å². The number of hydrogen-bond donors (Lipinski definition) is 3. The van der Waals surface area contributed by atoms with Crippen molar-refractivity contribution in [3.05, 3.63) is 65.2 Å². The zero-order valence-corrected chi connectivity index (χ0v) is 15.3. The molecule has 25 heavy (non-hydrogen) atoms. The van der Waals surface area contributed by atoms with Crippen molar-refractivity contribution in [3.63, 3.8) is 0 Å². The van der Waals surface area contributed by atoms with Gasteiger partial charge in [0.15, 0.2) is 0 Å². The molecule has 2 unspecified atom stereocenters. The molecular weight excluding hydrogens is 312 g/mol. The van der Waals surface area contributed by atoms with Crippen molar-refractivity contribution < 1.29 is 9.90 Å². The molecule has 0 heterocycles. The number of carbonyl (C=O) groups excluding carboxylic acids is 1. The summed E-state index contributed by atoms with van der Waals surface area (Å²) in [6, 6.07) is 15.9. The Balaban J connectivity index is 1.73. The Kier molecular flexibility index (Phi) is 7.16. The van der Waals surface area contributed by atoms with Gasteiger partial charge in [-0.25, -0.2) is 0 Å². The lowest BCUT2D eigenvalue weighted by Gasteiger charge is -2.17. The average molecular weight is 340 g/mol. The number of nitrogens with one attached hydrogen (secondary N) is 2. The number of rotatable bonds is 8. The number of anilines is 1. The van der Waals surface area contributed by atoms with E-state index in [4.69, 9.17) is 0 Å². The molecule has 0 aliphatic heterocycles. The normalized spacial score (nSPS) is 13.3. The maximum Gasteiger partial charge on any atom is 0.225 e. The van der Waals surface area contributed by atoms with Gasteiger partial charge in [-0.3, -0.25) is 4.79 Å². The summed E-state index contributed by atoms with van der Waals surface area (Å²) >= 11 is 0. The maximum atomic E-state index is 12.2. The van der Waals surface area contributed by atoms with E-state index in [1.165, 1.54) is 5.56 Å². The molecule has 0 aliphatic rings. The summed E-state index contributed by atoms with van der Waals surface area (Å²) in [6.07, 6.45) is 0.507. The molecule has 0 saturated heterocycles. The second-order valence-electron chi connectivity index (χ2n) is 6.72. The number of aliphatic hydroxyl groups is 1. The predicted molar refractivity (Wildman–Crippen MR) is 103 cm³/mol. The van der Waals surface area contributed by atoms with Crippen LogP contribution in [0.3, 0.4) is 0 Å². The third kappa shape index (κ3) is 6.69. The molecule has 2 rings (SSSR count). The van der Waals surface area contributed by atoms with Crippen molar-refractivity contribution in [2.75, 3.05) is 11.9 Å². The summed E-state index contributed by atoms with van der Waals surface area (Å²) in [4.78, 5) is 12.2. The van der Waals surface area contributed by atoms with E-state index < -0.39 is 6.10 Å². The highest BCUT2D eigenvalue weighted by atomic mass is 16.3. The van der Waals surface area contributed by atoms with E-state index >= 15 is 0 Å². The van der Waals surface area contributed by atoms with Gasteiger partial charge in [-0.2, -0.15) is 0 Å². The molecule has 2 aromatic carbocycles. The summed E-state index contributed by atoms with van der Waals surface area (Å²) in [5, 5.41) is 16.3. The minimum atomic E-state index is -0.466. The Morgan fingerprint density at radius 1 is 1.12 bits per heavy atom. The molecule has 134 valence electrons. The minimum Gasteiger partial charge on any atom is -0.391 e. The Labute approximate surface area is 150 Å². The molecule has 0 aliphatic carbocycles. The van der Waals surface area contributed by atoms with E-state index in [2.05, 4.69) is 16.7 Å². The summed E-state index contributed by atoms with van der Waals surface area (Å²) in [7, 11) is 0. The van der Waals surface area contributed by atoms with Crippen LogP contribution >= 0.6 is 0 Å². The van der Waals surface area contributed by atoms with Crippen LogP contribution in [0.1, 0.15) is 30.0 Å². The predicted octanol–water partition coefficient (Wildman–Crippen LogP) is 3.21. The van der Waals surface area contributed by atoms with Crippen LogP contribution in [0.4, 0.5) is 5.69 Å². The molecule has 3 N–H and O–H groups in total. The Hall–Kier alpha value is -2.17. The summed E-state index contributed by atoms with van der Waals surface area (Å²) in [5.74, 6) is -0.0236. The molecule has 1 amide bonds. The van der Waals surface area contributed by atoms with Gasteiger partial charge in [0.2, 0.25) is 5.91 Å². The zero-order valence-electron chi connectivity index (χ0n) is 15.3. The lowest BCUT2D eigenvalue weighted by atomic mass is 10.1. The third-order valence-corrected chi connectivity index (χ3v) is 4.16. The van der Waals surface area contributed by atoms with Crippen LogP contribution in [0.2, 0.25) is 0 Å². The Morgan fingerprint density at radius 3 is 2.52 bits per heavy atom. The Bertz CT molecular complexity index is 686. The SMILES string of the molecule is Cc1ccc(NC(=O)CC(C)NCC(O)Cc2ccccc2)c(C)c1. The molecule has 2 atom stereocenters. The van der Waals surface area contributed by atoms with Gasteiger partial charge >= 0.3 is 0 Å². The van der Waals surface area contributed by atoms with Crippen molar-refractivity contribution in [2.45, 2.75) is 45.8 Å². The minimum absolute atomic E-state index is 0.00354. The fourth-order valence-corrected chi connectivity index (χ4v) is 2.80. The van der Waals surface area contributed by atoms with Gasteiger partial charge in [0.05, 0.1) is 6.10 Å². The fourth-order valence-electron chi connectivity index (χ4n) is 2.80. The topological polar surface area (TPSA) is 61.4 Å². The van der Waals surface area contributed by atoms with Crippen molar-refractivity contribution in [3.8, 4) is 0 Å². The van der Waals surface area contributed by atoms with Crippen molar-refractivity contribution in [1.29, 1.82) is 0 Å². The molecule has 4 nitrogen and oxygen atoms in total. The number of amides is 1. The number of aryl methyl sites for hydroxylation is 2. The highest BCUT2D eigenvalue weighted by molar-refractivity contribution is 5.91. The molecule has 0 bridgehead atoms. The molecule has 0 fully saturated rings. The number of benzene rings is 2. The average Bonchev–Trinajstić information content (AvgIpc) is 2.56. The smallest absolute Gasteiger partial charge is 0.225 e. The first-order chi connectivity index (χ1) is 11.9. The summed E-state index contributed by atoms with van der Waals surface area (Å²) < 4.78 is 0. The highest BCUT2D eigenvalue weighted by Gasteiger charge is 2.12. The van der Waals surface area contributed by atoms with E-state index in [1.807, 2.05) is 63.2 Å². The van der Waals surface area contributed by atoms with E-state index in [0.29, 0.717) is 19.4 Å². The highest BCUT2D eigenvalue weighted by Crippen LogP contribution is 2.16. The van der Waals surface area contributed by atoms with Gasteiger partial charge < -0.3 is 15.7 Å². The van der Waals surface area contributed by atoms with Gasteiger partial charge in [0.1, 0.15) is 0 Å². The van der Waals surface area contributed by atoms with E-state index in [9.17, 15) is 9.90 Å². The van der Waals surface area contributed by atoms with Crippen molar-refractivity contribution in [1.82, 2.24) is 5.32 Å². The van der Waals surface area contributed by atoms with Crippen molar-refractivity contribution in [2.24, 2.45) is 0 Å². The van der Waals surface area contributed by atoms with Gasteiger partial charge in [-0.1, -0.05) is 48.0 Å². The molecule has 4 heteroatoms. The van der Waals surface area contributed by atoms with Crippen LogP contribution in [0.25, 0.3) is 0 Å². The first-order valence-corrected chi connectivity index (χ1v) is 8.76. The number of hydrogen-bond acceptors (Lipinski definition) is 3. The van der Waals surface area contributed by atoms with E-state index in [1.54, 1.807) is 0 Å². The van der Waals surface area contributed by atoms with Gasteiger partial charge in [-0.05, 0) is 44.4 Å². The van der Waals surface area contributed by atoms with Gasteiger partial charge in [0.25, 0.3) is 0 Å². The second kappa shape index (κ2) is 9.35. The quantitative estimate of drug-likeness (QED) is 0.691. The molecule has 0 radical (unpaired) electrons. The number of carbonyl (C=O) groups is 1. The maximum absolute atomic E-state index is 12.2. The van der Waals surface area contributed by atoms with Crippen LogP contribution in [0, 0.1) is 13.8 Å². The van der Waals surface area contributed by atoms with E-state index in [-0.39, 0.29) is 11.9 Å². The van der Waals surface area contributed by atoms with Crippen LogP contribution in [-0.2, 0) is 11.2 Å². The van der Waals surface area contributed by atoms with Gasteiger partial charge in [-0.15, -0.1) is 0 Å². The second-order valence-corrected chi connectivity index (χ2v) is 6.72. The molecule has 0 saturated carbocycles. The first-order valence-electron chi connectivity index (χ1n) is 8.76. The Morgan fingerprint density at radius 2 is 1.84 bits per heavy atom. The van der Waals surface area contributed by atoms with Crippen LogP contribution in [0.15, 0.2) is 48.5 Å². The monoisotopic (exact) mass is 340 g/mol. The lowest BCUT2D eigenvalue weighted by Crippen LogP contribution is -2.37. The van der Waals surface area contributed by atoms with Crippen LogP contribution in [0.5, 0.6) is 0 Å². The largest absolute Gasteiger partial charge is 0.391 e. The first kappa shape index (κ1) is 19.2. The third-order valence-electron chi connectivity index (χ3n) is 4.16. The van der Waals surface area contributed by atoms with Crippen LogP contribution < -0.4 is 10.6 Å².